The van der Waals surface area contributed by atoms with E-state index in [0.29, 0.717) is 11.3 Å². The summed E-state index contributed by atoms with van der Waals surface area (Å²) in [5, 5.41) is 2.89. The molecule has 15 heavy (non-hydrogen) atoms. The summed E-state index contributed by atoms with van der Waals surface area (Å²) in [5.74, 6) is -0.219. The number of benzene rings is 1. The monoisotopic (exact) mass is 291 g/mol. The van der Waals surface area contributed by atoms with Crippen molar-refractivity contribution >= 4 is 39.4 Å². The first-order valence-electron chi connectivity index (χ1n) is 4.14. The van der Waals surface area contributed by atoms with Crippen molar-refractivity contribution in [1.82, 2.24) is 0 Å². The van der Waals surface area contributed by atoms with Crippen molar-refractivity contribution in [3.05, 3.63) is 28.0 Å². The largest absolute Gasteiger partial charge is 0.387 e. The standard InChI is InChI=1S/C9H11BrFN3S/c1-13-8-5(10)3-4-6(11)7(8)9(12)14-15-2/h3-4,13H,1-2H3,(H2,12,14). The Kier molecular flexibility index (Phi) is 4.41. The van der Waals surface area contributed by atoms with E-state index in [0.717, 1.165) is 4.47 Å². The zero-order valence-electron chi connectivity index (χ0n) is 8.34. The lowest BCUT2D eigenvalue weighted by Gasteiger charge is -2.11. The molecule has 0 bridgehead atoms. The summed E-state index contributed by atoms with van der Waals surface area (Å²) in [6.45, 7) is 0. The number of hydrogen-bond acceptors (Lipinski definition) is 3. The van der Waals surface area contributed by atoms with Crippen molar-refractivity contribution in [1.29, 1.82) is 0 Å². The number of rotatable bonds is 3. The van der Waals surface area contributed by atoms with Gasteiger partial charge in [0.25, 0.3) is 0 Å². The smallest absolute Gasteiger partial charge is 0.143 e. The van der Waals surface area contributed by atoms with E-state index in [-0.39, 0.29) is 5.84 Å². The number of amidine groups is 1. The molecule has 0 saturated heterocycles. The quantitative estimate of drug-likeness (QED) is 0.511. The van der Waals surface area contributed by atoms with E-state index in [1.54, 1.807) is 19.4 Å². The van der Waals surface area contributed by atoms with Gasteiger partial charge in [0.05, 0.1) is 11.3 Å². The van der Waals surface area contributed by atoms with Crippen LogP contribution in [0, 0.1) is 5.82 Å². The van der Waals surface area contributed by atoms with Crippen molar-refractivity contribution < 1.29 is 4.39 Å². The maximum Gasteiger partial charge on any atom is 0.143 e. The predicted octanol–water partition coefficient (Wildman–Crippen LogP) is 2.61. The normalized spacial score (nSPS) is 11.6. The van der Waals surface area contributed by atoms with Crippen LogP contribution in [0.15, 0.2) is 21.0 Å². The van der Waals surface area contributed by atoms with E-state index in [2.05, 4.69) is 25.6 Å². The third kappa shape index (κ3) is 2.63. The SMILES string of the molecule is CNc1c(Br)ccc(F)c1C(N)=NSC. The highest BCUT2D eigenvalue weighted by Crippen LogP contribution is 2.28. The Balaban J connectivity index is 3.37. The molecule has 0 radical (unpaired) electrons. The van der Waals surface area contributed by atoms with E-state index in [9.17, 15) is 4.39 Å². The Morgan fingerprint density at radius 3 is 2.80 bits per heavy atom. The third-order valence-electron chi connectivity index (χ3n) is 1.80. The highest BCUT2D eigenvalue weighted by molar-refractivity contribution is 9.10. The number of nitrogens with one attached hydrogen (secondary N) is 1. The summed E-state index contributed by atoms with van der Waals surface area (Å²) < 4.78 is 18.2. The Hall–Kier alpha value is -0.750. The van der Waals surface area contributed by atoms with Crippen molar-refractivity contribution in [3.63, 3.8) is 0 Å². The van der Waals surface area contributed by atoms with Crippen LogP contribution >= 0.6 is 27.9 Å². The summed E-state index contributed by atoms with van der Waals surface area (Å²) in [5.41, 5.74) is 6.57. The first-order chi connectivity index (χ1) is 7.11. The summed E-state index contributed by atoms with van der Waals surface area (Å²) in [6, 6.07) is 2.97. The van der Waals surface area contributed by atoms with E-state index in [1.807, 2.05) is 0 Å². The molecule has 0 aliphatic carbocycles. The van der Waals surface area contributed by atoms with Crippen LogP contribution in [0.3, 0.4) is 0 Å². The molecule has 0 unspecified atom stereocenters. The van der Waals surface area contributed by atoms with Crippen molar-refractivity contribution in [2.75, 3.05) is 18.6 Å². The number of anilines is 1. The second-order valence-electron chi connectivity index (χ2n) is 2.69. The van der Waals surface area contributed by atoms with Crippen molar-refractivity contribution in [2.24, 2.45) is 10.1 Å². The highest BCUT2D eigenvalue weighted by atomic mass is 79.9. The molecular weight excluding hydrogens is 281 g/mol. The fourth-order valence-corrected chi connectivity index (χ4v) is 2.01. The molecule has 82 valence electrons. The average molecular weight is 292 g/mol. The maximum absolute atomic E-state index is 13.6. The number of halogens is 2. The predicted molar refractivity (Wildman–Crippen MR) is 67.9 cm³/mol. The summed E-state index contributed by atoms with van der Waals surface area (Å²) in [7, 11) is 1.70. The summed E-state index contributed by atoms with van der Waals surface area (Å²) in [6.07, 6.45) is 1.77. The second kappa shape index (κ2) is 5.37. The van der Waals surface area contributed by atoms with Gasteiger partial charge in [-0.1, -0.05) is 0 Å². The van der Waals surface area contributed by atoms with Gasteiger partial charge < -0.3 is 11.1 Å². The van der Waals surface area contributed by atoms with Gasteiger partial charge in [-0.05, 0) is 40.0 Å². The van der Waals surface area contributed by atoms with Crippen molar-refractivity contribution in [3.8, 4) is 0 Å². The van der Waals surface area contributed by atoms with E-state index in [1.165, 1.54) is 18.0 Å². The highest BCUT2D eigenvalue weighted by Gasteiger charge is 2.14. The molecule has 1 rings (SSSR count). The van der Waals surface area contributed by atoms with Crippen LogP contribution in [0.2, 0.25) is 0 Å². The van der Waals surface area contributed by atoms with E-state index in [4.69, 9.17) is 5.73 Å². The molecule has 0 fully saturated rings. The van der Waals surface area contributed by atoms with Crippen LogP contribution in [0.25, 0.3) is 0 Å². The molecule has 0 spiro atoms. The summed E-state index contributed by atoms with van der Waals surface area (Å²) >= 11 is 4.51. The van der Waals surface area contributed by atoms with Crippen LogP contribution in [0.4, 0.5) is 10.1 Å². The number of hydrogen-bond donors (Lipinski definition) is 2. The maximum atomic E-state index is 13.6. The van der Waals surface area contributed by atoms with Gasteiger partial charge in [-0.2, -0.15) is 4.40 Å². The second-order valence-corrected chi connectivity index (χ2v) is 4.09. The minimum atomic E-state index is -0.391. The van der Waals surface area contributed by atoms with Gasteiger partial charge in [-0.3, -0.25) is 0 Å². The van der Waals surface area contributed by atoms with Gasteiger partial charge in [0.2, 0.25) is 0 Å². The average Bonchev–Trinajstić information content (AvgIpc) is 2.21. The molecule has 1 aromatic rings. The molecule has 0 amide bonds. The van der Waals surface area contributed by atoms with Gasteiger partial charge in [0, 0.05) is 17.8 Å². The van der Waals surface area contributed by atoms with Gasteiger partial charge in [0.15, 0.2) is 0 Å². The lowest BCUT2D eigenvalue weighted by atomic mass is 10.1. The lowest BCUT2D eigenvalue weighted by molar-refractivity contribution is 0.625. The van der Waals surface area contributed by atoms with Crippen LogP contribution in [-0.4, -0.2) is 19.1 Å². The van der Waals surface area contributed by atoms with Crippen LogP contribution in [0.1, 0.15) is 5.56 Å². The number of nitrogens with two attached hydrogens (primary N) is 1. The Morgan fingerprint density at radius 1 is 1.60 bits per heavy atom. The zero-order chi connectivity index (χ0) is 11.4. The molecule has 0 saturated carbocycles. The molecule has 3 N–H and O–H groups in total. The zero-order valence-corrected chi connectivity index (χ0v) is 10.7. The van der Waals surface area contributed by atoms with Gasteiger partial charge in [-0.15, -0.1) is 0 Å². The molecule has 1 aromatic carbocycles. The third-order valence-corrected chi connectivity index (χ3v) is 2.84. The van der Waals surface area contributed by atoms with E-state index >= 15 is 0 Å². The molecule has 0 heterocycles. The van der Waals surface area contributed by atoms with E-state index < -0.39 is 5.82 Å². The van der Waals surface area contributed by atoms with Gasteiger partial charge in [0.1, 0.15) is 11.7 Å². The van der Waals surface area contributed by atoms with Gasteiger partial charge in [-0.25, -0.2) is 4.39 Å². The number of nitrogens with zero attached hydrogens (tertiary/aromatic N) is 1. The fraction of sp³-hybridized carbons (Fsp3) is 0.222. The first-order valence-corrected chi connectivity index (χ1v) is 6.12. The molecular formula is C9H11BrFN3S. The van der Waals surface area contributed by atoms with Crippen LogP contribution in [-0.2, 0) is 0 Å². The minimum absolute atomic E-state index is 0.172. The van der Waals surface area contributed by atoms with Crippen LogP contribution in [0.5, 0.6) is 0 Å². The molecule has 6 heteroatoms. The van der Waals surface area contributed by atoms with Gasteiger partial charge >= 0.3 is 0 Å². The summed E-state index contributed by atoms with van der Waals surface area (Å²) in [4.78, 5) is 0. The molecule has 0 aliphatic heterocycles. The Morgan fingerprint density at radius 2 is 2.27 bits per heavy atom. The Labute approximate surface area is 101 Å². The molecule has 3 nitrogen and oxygen atoms in total. The Bertz CT molecular complexity index is 395. The molecule has 0 aromatic heterocycles. The first kappa shape index (κ1) is 12.3. The topological polar surface area (TPSA) is 50.4 Å². The van der Waals surface area contributed by atoms with Crippen molar-refractivity contribution in [2.45, 2.75) is 0 Å². The lowest BCUT2D eigenvalue weighted by Crippen LogP contribution is -2.17. The molecule has 0 atom stereocenters. The minimum Gasteiger partial charge on any atom is -0.387 e. The molecule has 0 aliphatic rings. The van der Waals surface area contributed by atoms with Crippen LogP contribution < -0.4 is 11.1 Å². The fourth-order valence-electron chi connectivity index (χ4n) is 1.19.